The quantitative estimate of drug-likeness (QED) is 0.334. The Morgan fingerprint density at radius 3 is 2.79 bits per heavy atom. The molecular formula is C24H21BrN2O2. The number of halogens is 1. The van der Waals surface area contributed by atoms with Gasteiger partial charge in [0.1, 0.15) is 24.7 Å². The molecule has 5 heteroatoms. The standard InChI is InChI=1S/C24H21N2O2.BrH/c27-23(21-7-6-19-3-1-2-4-20(19)14-21)16-26-11-10-25(17-26)15-18-5-8-24-22(13-18)9-12-28-24;/h1-8,10-11,13-14,17H,9,12,15-16H2;1H/q+1;/p-1. The van der Waals surface area contributed by atoms with Crippen LogP contribution in [0.15, 0.2) is 79.4 Å². The lowest BCUT2D eigenvalue weighted by Gasteiger charge is -2.03. The molecule has 2 heterocycles. The van der Waals surface area contributed by atoms with Gasteiger partial charge in [0, 0.05) is 12.0 Å². The molecule has 4 nitrogen and oxygen atoms in total. The van der Waals surface area contributed by atoms with E-state index in [0.717, 1.165) is 41.7 Å². The highest BCUT2D eigenvalue weighted by atomic mass is 79.9. The molecule has 0 N–H and O–H groups in total. The molecule has 0 saturated heterocycles. The maximum atomic E-state index is 12.7. The molecule has 0 aliphatic carbocycles. The lowest BCUT2D eigenvalue weighted by atomic mass is 10.0. The first-order chi connectivity index (χ1) is 13.7. The van der Waals surface area contributed by atoms with Crippen molar-refractivity contribution in [1.82, 2.24) is 4.57 Å². The van der Waals surface area contributed by atoms with Crippen LogP contribution in [-0.2, 0) is 19.5 Å². The van der Waals surface area contributed by atoms with Crippen LogP contribution in [0, 0.1) is 0 Å². The van der Waals surface area contributed by atoms with Crippen molar-refractivity contribution in [2.24, 2.45) is 0 Å². The first-order valence-corrected chi connectivity index (χ1v) is 9.56. The van der Waals surface area contributed by atoms with Crippen LogP contribution in [-0.4, -0.2) is 17.0 Å². The minimum Gasteiger partial charge on any atom is -1.00 e. The fourth-order valence-electron chi connectivity index (χ4n) is 3.79. The monoisotopic (exact) mass is 448 g/mol. The van der Waals surface area contributed by atoms with Crippen molar-refractivity contribution in [1.29, 1.82) is 0 Å². The number of nitrogens with zero attached hydrogens (tertiary/aromatic N) is 2. The number of imidazole rings is 1. The van der Waals surface area contributed by atoms with Crippen molar-refractivity contribution in [3.05, 3.63) is 96.1 Å². The molecule has 0 spiro atoms. The topological polar surface area (TPSA) is 35.1 Å². The highest BCUT2D eigenvalue weighted by Gasteiger charge is 2.15. The summed E-state index contributed by atoms with van der Waals surface area (Å²) in [4.78, 5) is 12.7. The highest BCUT2D eigenvalue weighted by Crippen LogP contribution is 2.25. The van der Waals surface area contributed by atoms with Crippen molar-refractivity contribution in [2.45, 2.75) is 19.5 Å². The molecule has 146 valence electrons. The zero-order valence-corrected chi connectivity index (χ0v) is 17.5. The first kappa shape index (κ1) is 19.4. The van der Waals surface area contributed by atoms with Crippen LogP contribution in [0.4, 0.5) is 0 Å². The Labute approximate surface area is 180 Å². The molecule has 5 rings (SSSR count). The van der Waals surface area contributed by atoms with Crippen LogP contribution in [0.3, 0.4) is 0 Å². The smallest absolute Gasteiger partial charge is 0.244 e. The Hall–Kier alpha value is -2.92. The van der Waals surface area contributed by atoms with Crippen molar-refractivity contribution < 1.29 is 31.1 Å². The van der Waals surface area contributed by atoms with E-state index in [9.17, 15) is 4.79 Å². The number of carbonyl (C=O) groups excluding carboxylic acids is 1. The fraction of sp³-hybridized carbons (Fsp3) is 0.167. The number of aromatic nitrogens is 2. The predicted octanol–water partition coefficient (Wildman–Crippen LogP) is 0.799. The molecule has 0 unspecified atom stereocenters. The number of carbonyl (C=O) groups is 1. The van der Waals surface area contributed by atoms with Gasteiger partial charge in [-0.05, 0) is 40.1 Å². The Kier molecular flexibility index (Phi) is 5.49. The molecule has 0 amide bonds. The van der Waals surface area contributed by atoms with Crippen LogP contribution >= 0.6 is 0 Å². The third-order valence-corrected chi connectivity index (χ3v) is 5.26. The van der Waals surface area contributed by atoms with Gasteiger partial charge < -0.3 is 21.7 Å². The van der Waals surface area contributed by atoms with E-state index >= 15 is 0 Å². The number of hydrogen-bond donors (Lipinski definition) is 0. The van der Waals surface area contributed by atoms with E-state index in [-0.39, 0.29) is 22.8 Å². The minimum absolute atomic E-state index is 0. The van der Waals surface area contributed by atoms with E-state index in [1.165, 1.54) is 11.1 Å². The van der Waals surface area contributed by atoms with Gasteiger partial charge in [-0.1, -0.05) is 42.5 Å². The van der Waals surface area contributed by atoms with Gasteiger partial charge in [-0.15, -0.1) is 0 Å². The first-order valence-electron chi connectivity index (χ1n) is 9.56. The summed E-state index contributed by atoms with van der Waals surface area (Å²) in [5.74, 6) is 1.12. The van der Waals surface area contributed by atoms with Crippen LogP contribution < -0.4 is 26.3 Å². The maximum Gasteiger partial charge on any atom is 0.244 e. The summed E-state index contributed by atoms with van der Waals surface area (Å²) in [5, 5.41) is 2.24. The number of ether oxygens (including phenoxy) is 1. The van der Waals surface area contributed by atoms with Gasteiger partial charge in [0.25, 0.3) is 0 Å². The third kappa shape index (κ3) is 4.10. The van der Waals surface area contributed by atoms with Gasteiger partial charge in [0.15, 0.2) is 6.54 Å². The zero-order valence-electron chi connectivity index (χ0n) is 15.9. The molecule has 0 saturated carbocycles. The molecule has 3 aromatic carbocycles. The van der Waals surface area contributed by atoms with Gasteiger partial charge in [0.2, 0.25) is 12.1 Å². The summed E-state index contributed by atoms with van der Waals surface area (Å²) in [7, 11) is 0. The Bertz CT molecular complexity index is 1180. The summed E-state index contributed by atoms with van der Waals surface area (Å²) in [6, 6.07) is 20.4. The van der Waals surface area contributed by atoms with Crippen molar-refractivity contribution in [2.75, 3.05) is 6.61 Å². The lowest BCUT2D eigenvalue weighted by molar-refractivity contribution is -0.687. The number of benzene rings is 3. The van der Waals surface area contributed by atoms with Crippen LogP contribution in [0.5, 0.6) is 5.75 Å². The van der Waals surface area contributed by atoms with Crippen molar-refractivity contribution >= 4 is 16.6 Å². The van der Waals surface area contributed by atoms with Crippen LogP contribution in [0.25, 0.3) is 10.8 Å². The second-order valence-corrected chi connectivity index (χ2v) is 7.28. The van der Waals surface area contributed by atoms with Gasteiger partial charge in [0.05, 0.1) is 6.61 Å². The molecule has 0 atom stereocenters. The van der Waals surface area contributed by atoms with E-state index in [2.05, 4.69) is 28.8 Å². The zero-order chi connectivity index (χ0) is 18.9. The summed E-state index contributed by atoms with van der Waals surface area (Å²) < 4.78 is 9.61. The largest absolute Gasteiger partial charge is 1.00 e. The summed E-state index contributed by atoms with van der Waals surface area (Å²) >= 11 is 0. The normalized spacial score (nSPS) is 12.3. The number of hydrogen-bond acceptors (Lipinski definition) is 2. The Morgan fingerprint density at radius 2 is 1.90 bits per heavy atom. The second kappa shape index (κ2) is 8.21. The SMILES string of the molecule is O=C(Cn1cc[n+](Cc2ccc3c(c2)CCO3)c1)c1ccc2ccccc2c1.[Br-]. The number of Topliss-reactive ketones (excluding diaryl/α,β-unsaturated/α-hetero) is 1. The molecule has 0 radical (unpaired) electrons. The van der Waals surface area contributed by atoms with Crippen molar-refractivity contribution in [3.8, 4) is 5.75 Å². The highest BCUT2D eigenvalue weighted by molar-refractivity contribution is 5.99. The van der Waals surface area contributed by atoms with Crippen LogP contribution in [0.2, 0.25) is 0 Å². The number of ketones is 1. The molecule has 0 fully saturated rings. The number of fused-ring (bicyclic) bond motifs is 2. The van der Waals surface area contributed by atoms with Gasteiger partial charge in [-0.2, -0.15) is 0 Å². The summed E-state index contributed by atoms with van der Waals surface area (Å²) in [6.07, 6.45) is 6.94. The number of rotatable bonds is 5. The second-order valence-electron chi connectivity index (χ2n) is 7.28. The molecule has 0 bridgehead atoms. The Morgan fingerprint density at radius 1 is 1.03 bits per heavy atom. The molecule has 29 heavy (non-hydrogen) atoms. The van der Waals surface area contributed by atoms with Gasteiger partial charge in [-0.25, -0.2) is 9.13 Å². The predicted molar refractivity (Wildman–Crippen MR) is 108 cm³/mol. The molecular weight excluding hydrogens is 428 g/mol. The van der Waals surface area contributed by atoms with E-state index < -0.39 is 0 Å². The van der Waals surface area contributed by atoms with E-state index in [1.54, 1.807) is 0 Å². The van der Waals surface area contributed by atoms with E-state index in [0.29, 0.717) is 6.54 Å². The van der Waals surface area contributed by atoms with Crippen molar-refractivity contribution in [3.63, 3.8) is 0 Å². The third-order valence-electron chi connectivity index (χ3n) is 5.26. The van der Waals surface area contributed by atoms with E-state index in [4.69, 9.17) is 4.74 Å². The molecule has 1 aliphatic heterocycles. The average molecular weight is 449 g/mol. The van der Waals surface area contributed by atoms with Crippen LogP contribution in [0.1, 0.15) is 21.5 Å². The fourth-order valence-corrected chi connectivity index (χ4v) is 3.79. The summed E-state index contributed by atoms with van der Waals surface area (Å²) in [5.41, 5.74) is 3.27. The average Bonchev–Trinajstić information content (AvgIpc) is 3.36. The minimum atomic E-state index is 0. The van der Waals surface area contributed by atoms with Gasteiger partial charge >= 0.3 is 0 Å². The lowest BCUT2D eigenvalue weighted by Crippen LogP contribution is -3.00. The Balaban J connectivity index is 0.00000205. The molecule has 1 aliphatic rings. The maximum absolute atomic E-state index is 12.7. The van der Waals surface area contributed by atoms with Gasteiger partial charge in [-0.3, -0.25) is 4.79 Å². The van der Waals surface area contributed by atoms with E-state index in [1.807, 2.05) is 59.7 Å². The molecule has 1 aromatic heterocycles. The summed E-state index contributed by atoms with van der Waals surface area (Å²) in [6.45, 7) is 1.90. The molecule has 4 aromatic rings.